The summed E-state index contributed by atoms with van der Waals surface area (Å²) in [7, 11) is 0. The summed E-state index contributed by atoms with van der Waals surface area (Å²) in [5.41, 5.74) is 0. The summed E-state index contributed by atoms with van der Waals surface area (Å²) >= 11 is 0. The van der Waals surface area contributed by atoms with Crippen molar-refractivity contribution >= 4 is 11.7 Å². The first kappa shape index (κ1) is 10.9. The molecule has 0 saturated carbocycles. The van der Waals surface area contributed by atoms with Crippen LogP contribution in [0.2, 0.25) is 0 Å². The summed E-state index contributed by atoms with van der Waals surface area (Å²) < 4.78 is 3.42. The van der Waals surface area contributed by atoms with Crippen molar-refractivity contribution < 1.29 is 4.79 Å². The van der Waals surface area contributed by atoms with Gasteiger partial charge >= 0.3 is 0 Å². The number of aromatic nitrogens is 5. The Bertz CT molecular complexity index is 546. The van der Waals surface area contributed by atoms with Gasteiger partial charge in [-0.1, -0.05) is 0 Å². The fourth-order valence-corrected chi connectivity index (χ4v) is 2.20. The molecule has 0 spiro atoms. The molecule has 2 aromatic rings. The predicted molar refractivity (Wildman–Crippen MR) is 63.9 cm³/mol. The molecule has 3 heterocycles. The molecule has 0 radical (unpaired) electrons. The van der Waals surface area contributed by atoms with E-state index in [1.807, 2.05) is 17.7 Å². The fraction of sp³-hybridized carbons (Fsp3) is 0.455. The zero-order valence-electron chi connectivity index (χ0n) is 10.1. The highest BCUT2D eigenvalue weighted by molar-refractivity contribution is 5.95. The zero-order chi connectivity index (χ0) is 12.5. The Kier molecular flexibility index (Phi) is 2.58. The second-order valence-electron chi connectivity index (χ2n) is 4.31. The Morgan fingerprint density at radius 1 is 1.39 bits per heavy atom. The second-order valence-corrected chi connectivity index (χ2v) is 4.31. The van der Waals surface area contributed by atoms with Crippen LogP contribution in [0.4, 0.5) is 5.82 Å². The first-order valence-electron chi connectivity index (χ1n) is 5.94. The normalized spacial score (nSPS) is 16.4. The summed E-state index contributed by atoms with van der Waals surface area (Å²) in [5, 5.41) is 8.21. The Morgan fingerprint density at radius 3 is 3.06 bits per heavy atom. The van der Waals surface area contributed by atoms with Gasteiger partial charge in [-0.3, -0.25) is 9.69 Å². The number of amides is 1. The van der Waals surface area contributed by atoms with E-state index in [4.69, 9.17) is 0 Å². The van der Waals surface area contributed by atoms with Gasteiger partial charge in [-0.2, -0.15) is 10.2 Å². The number of nitrogens with zero attached hydrogens (tertiary/aromatic N) is 6. The molecule has 1 amide bonds. The first-order valence-corrected chi connectivity index (χ1v) is 5.94. The summed E-state index contributed by atoms with van der Waals surface area (Å²) in [6, 6.07) is 1.51. The summed E-state index contributed by atoms with van der Waals surface area (Å²) in [6.45, 7) is 3.42. The monoisotopic (exact) mass is 246 g/mol. The van der Waals surface area contributed by atoms with E-state index in [-0.39, 0.29) is 11.9 Å². The summed E-state index contributed by atoms with van der Waals surface area (Å²) in [5.74, 6) is 0.875. The largest absolute Gasteiger partial charge is 0.295 e. The van der Waals surface area contributed by atoms with Crippen LogP contribution in [-0.4, -0.2) is 37.0 Å². The lowest BCUT2D eigenvalue weighted by molar-refractivity contribution is -0.121. The average molecular weight is 246 g/mol. The molecule has 0 saturated heterocycles. The molecule has 7 nitrogen and oxygen atoms in total. The molecule has 1 aliphatic rings. The molecule has 1 atom stereocenters. The number of carbonyl (C=O) groups is 1. The van der Waals surface area contributed by atoms with Crippen molar-refractivity contribution in [2.75, 3.05) is 11.4 Å². The van der Waals surface area contributed by atoms with Crippen molar-refractivity contribution in [3.05, 3.63) is 24.9 Å². The highest BCUT2D eigenvalue weighted by Gasteiger charge is 2.27. The van der Waals surface area contributed by atoms with E-state index in [9.17, 15) is 4.79 Å². The van der Waals surface area contributed by atoms with Crippen molar-refractivity contribution in [1.82, 2.24) is 24.5 Å². The van der Waals surface area contributed by atoms with Crippen LogP contribution in [0.1, 0.15) is 19.4 Å². The van der Waals surface area contributed by atoms with Crippen molar-refractivity contribution in [3.8, 4) is 0 Å². The zero-order valence-corrected chi connectivity index (χ0v) is 10.1. The van der Waals surface area contributed by atoms with E-state index in [1.165, 1.54) is 6.33 Å². The highest BCUT2D eigenvalue weighted by Crippen LogP contribution is 2.22. The Balaban J connectivity index is 1.86. The van der Waals surface area contributed by atoms with Crippen molar-refractivity contribution in [1.29, 1.82) is 0 Å². The van der Waals surface area contributed by atoms with Gasteiger partial charge in [0.1, 0.15) is 24.5 Å². The number of fused-ring (bicyclic) bond motifs is 1. The highest BCUT2D eigenvalue weighted by atomic mass is 16.2. The number of aryl methyl sites for hydroxylation is 1. The molecule has 1 aliphatic heterocycles. The van der Waals surface area contributed by atoms with Crippen LogP contribution in [0.5, 0.6) is 0 Å². The molecular formula is C11H14N6O. The van der Waals surface area contributed by atoms with Crippen LogP contribution >= 0.6 is 0 Å². The number of anilines is 1. The molecular weight excluding hydrogens is 232 g/mol. The second kappa shape index (κ2) is 4.25. The lowest BCUT2D eigenvalue weighted by Crippen LogP contribution is -2.41. The van der Waals surface area contributed by atoms with Crippen molar-refractivity contribution in [2.24, 2.45) is 0 Å². The summed E-state index contributed by atoms with van der Waals surface area (Å²) in [6.07, 6.45) is 5.64. The van der Waals surface area contributed by atoms with Gasteiger partial charge in [-0.05, 0) is 13.3 Å². The molecule has 94 valence electrons. The van der Waals surface area contributed by atoms with Crippen molar-refractivity contribution in [2.45, 2.75) is 25.9 Å². The number of hydrogen-bond donors (Lipinski definition) is 0. The maximum absolute atomic E-state index is 12.5. The van der Waals surface area contributed by atoms with E-state index in [2.05, 4.69) is 15.2 Å². The molecule has 7 heteroatoms. The number of carbonyl (C=O) groups excluding carboxylic acids is 1. The molecule has 1 unspecified atom stereocenters. The van der Waals surface area contributed by atoms with E-state index in [0.29, 0.717) is 0 Å². The van der Waals surface area contributed by atoms with Gasteiger partial charge < -0.3 is 0 Å². The van der Waals surface area contributed by atoms with Gasteiger partial charge in [0.05, 0.1) is 6.20 Å². The van der Waals surface area contributed by atoms with Crippen molar-refractivity contribution in [3.63, 3.8) is 0 Å². The van der Waals surface area contributed by atoms with E-state index in [1.54, 1.807) is 22.1 Å². The minimum absolute atomic E-state index is 0.0157. The molecule has 0 fully saturated rings. The minimum Gasteiger partial charge on any atom is -0.295 e. The average Bonchev–Trinajstić information content (AvgIpc) is 3.06. The fourth-order valence-electron chi connectivity index (χ4n) is 2.20. The standard InChI is InChI=1S/C11H14N6O/c1-9(17-8-12-7-14-17)11(18)15-5-2-6-16-10(15)3-4-13-16/h3-4,7-9H,2,5-6H2,1H3. The maximum atomic E-state index is 12.5. The van der Waals surface area contributed by atoms with Crippen LogP contribution < -0.4 is 4.90 Å². The molecule has 2 aromatic heterocycles. The van der Waals surface area contributed by atoms with E-state index in [0.717, 1.165) is 25.3 Å². The van der Waals surface area contributed by atoms with Gasteiger partial charge in [-0.15, -0.1) is 0 Å². The molecule has 0 aliphatic carbocycles. The number of rotatable bonds is 2. The summed E-state index contributed by atoms with van der Waals surface area (Å²) in [4.78, 5) is 18.1. The topological polar surface area (TPSA) is 68.8 Å². The Labute approximate surface area is 104 Å². The smallest absolute Gasteiger partial charge is 0.252 e. The van der Waals surface area contributed by atoms with Crippen LogP contribution in [-0.2, 0) is 11.3 Å². The molecule has 0 N–H and O–H groups in total. The molecule has 3 rings (SSSR count). The minimum atomic E-state index is -0.353. The van der Waals surface area contributed by atoms with Gasteiger partial charge in [-0.25, -0.2) is 14.3 Å². The van der Waals surface area contributed by atoms with Gasteiger partial charge in [0.2, 0.25) is 0 Å². The quantitative estimate of drug-likeness (QED) is 0.772. The maximum Gasteiger partial charge on any atom is 0.252 e. The molecule has 18 heavy (non-hydrogen) atoms. The van der Waals surface area contributed by atoms with E-state index >= 15 is 0 Å². The SMILES string of the molecule is CC(C(=O)N1CCCn2nccc21)n1cncn1. The first-order chi connectivity index (χ1) is 8.77. The predicted octanol–water partition coefficient (Wildman–Crippen LogP) is 0.472. The van der Waals surface area contributed by atoms with Gasteiger partial charge in [0, 0.05) is 19.2 Å². The molecule has 0 aromatic carbocycles. The van der Waals surface area contributed by atoms with E-state index < -0.39 is 0 Å². The van der Waals surface area contributed by atoms with Gasteiger partial charge in [0.25, 0.3) is 5.91 Å². The number of hydrogen-bond acceptors (Lipinski definition) is 4. The molecule has 0 bridgehead atoms. The van der Waals surface area contributed by atoms with Crippen LogP contribution in [0.3, 0.4) is 0 Å². The Morgan fingerprint density at radius 2 is 2.28 bits per heavy atom. The Hall–Kier alpha value is -2.18. The van der Waals surface area contributed by atoms with Crippen LogP contribution in [0.15, 0.2) is 24.9 Å². The third-order valence-electron chi connectivity index (χ3n) is 3.18. The lowest BCUT2D eigenvalue weighted by Gasteiger charge is -2.29. The van der Waals surface area contributed by atoms with Gasteiger partial charge in [0.15, 0.2) is 0 Å². The van der Waals surface area contributed by atoms with Crippen LogP contribution in [0, 0.1) is 0 Å². The lowest BCUT2D eigenvalue weighted by atomic mass is 10.2. The third-order valence-corrected chi connectivity index (χ3v) is 3.18. The third kappa shape index (κ3) is 1.68. The van der Waals surface area contributed by atoms with Crippen LogP contribution in [0.25, 0.3) is 0 Å².